The number of thioether (sulfide) groups is 1. The molecule has 0 aliphatic carbocycles. The van der Waals surface area contributed by atoms with Gasteiger partial charge >= 0.3 is 0 Å². The molecule has 2 fully saturated rings. The molecule has 3 atom stereocenters. The summed E-state index contributed by atoms with van der Waals surface area (Å²) >= 11 is 2.10. The maximum atomic E-state index is 5.95. The van der Waals surface area contributed by atoms with Gasteiger partial charge in [0.05, 0.1) is 0 Å². The van der Waals surface area contributed by atoms with E-state index >= 15 is 0 Å². The lowest BCUT2D eigenvalue weighted by Crippen LogP contribution is -2.55. The van der Waals surface area contributed by atoms with Crippen molar-refractivity contribution in [1.29, 1.82) is 0 Å². The maximum Gasteiger partial charge on any atom is 0.0201 e. The molecule has 2 aliphatic rings. The first-order chi connectivity index (χ1) is 5.27. The van der Waals surface area contributed by atoms with Gasteiger partial charge < -0.3 is 5.73 Å². The highest BCUT2D eigenvalue weighted by atomic mass is 32.2. The number of nitrogens with zero attached hydrogens (tertiary/aromatic N) is 1. The van der Waals surface area contributed by atoms with Crippen LogP contribution in [0, 0.1) is 0 Å². The summed E-state index contributed by atoms with van der Waals surface area (Å²) in [5.74, 6) is 2.58. The molecular formula is C8H16N2S. The third-order valence-electron chi connectivity index (χ3n) is 2.92. The smallest absolute Gasteiger partial charge is 0.0201 e. The summed E-state index contributed by atoms with van der Waals surface area (Å²) in [6, 6.07) is 2.01. The van der Waals surface area contributed by atoms with Crippen LogP contribution in [0.3, 0.4) is 0 Å². The van der Waals surface area contributed by atoms with E-state index in [0.717, 1.165) is 12.1 Å². The van der Waals surface area contributed by atoms with Crippen molar-refractivity contribution in [2.75, 3.05) is 18.6 Å². The van der Waals surface area contributed by atoms with Gasteiger partial charge in [-0.2, -0.15) is 11.8 Å². The molecule has 0 unspecified atom stereocenters. The van der Waals surface area contributed by atoms with E-state index in [9.17, 15) is 0 Å². The Hall–Kier alpha value is 0.270. The van der Waals surface area contributed by atoms with Crippen molar-refractivity contribution >= 4 is 11.8 Å². The first kappa shape index (κ1) is 7.90. The average molecular weight is 172 g/mol. The van der Waals surface area contributed by atoms with Crippen LogP contribution in [0.1, 0.15) is 12.8 Å². The molecule has 2 rings (SSSR count). The second kappa shape index (κ2) is 2.96. The van der Waals surface area contributed by atoms with E-state index in [-0.39, 0.29) is 0 Å². The Balaban J connectivity index is 2.07. The molecule has 2 saturated heterocycles. The van der Waals surface area contributed by atoms with Crippen LogP contribution in [-0.2, 0) is 0 Å². The van der Waals surface area contributed by atoms with Gasteiger partial charge in [-0.1, -0.05) is 0 Å². The van der Waals surface area contributed by atoms with Gasteiger partial charge in [0.1, 0.15) is 0 Å². The van der Waals surface area contributed by atoms with Gasteiger partial charge in [0.25, 0.3) is 0 Å². The van der Waals surface area contributed by atoms with Crippen molar-refractivity contribution in [2.24, 2.45) is 5.73 Å². The van der Waals surface area contributed by atoms with Crippen molar-refractivity contribution in [3.8, 4) is 0 Å². The van der Waals surface area contributed by atoms with Crippen LogP contribution in [0.15, 0.2) is 0 Å². The summed E-state index contributed by atoms with van der Waals surface area (Å²) in [5, 5.41) is 0. The molecule has 11 heavy (non-hydrogen) atoms. The highest BCUT2D eigenvalue weighted by molar-refractivity contribution is 7.99. The first-order valence-corrected chi connectivity index (χ1v) is 5.48. The van der Waals surface area contributed by atoms with E-state index in [1.54, 1.807) is 0 Å². The normalized spacial score (nSPS) is 45.8. The molecule has 2 bridgehead atoms. The topological polar surface area (TPSA) is 29.3 Å². The van der Waals surface area contributed by atoms with Crippen LogP contribution in [-0.4, -0.2) is 41.6 Å². The Morgan fingerprint density at radius 2 is 1.82 bits per heavy atom. The minimum absolute atomic E-state index is 0.474. The van der Waals surface area contributed by atoms with Crippen molar-refractivity contribution in [3.63, 3.8) is 0 Å². The van der Waals surface area contributed by atoms with Crippen LogP contribution >= 0.6 is 11.8 Å². The molecule has 0 aromatic rings. The second-order valence-corrected chi connectivity index (χ2v) is 4.82. The minimum atomic E-state index is 0.474. The van der Waals surface area contributed by atoms with Gasteiger partial charge in [0.2, 0.25) is 0 Å². The Morgan fingerprint density at radius 1 is 1.27 bits per heavy atom. The molecule has 2 N–H and O–H groups in total. The standard InChI is InChI=1S/C8H16N2S/c1-10-7-2-6(9)3-8(10)5-11-4-7/h6-8H,2-5,9H2,1H3/t6-,7-,8+. The van der Waals surface area contributed by atoms with E-state index in [0.29, 0.717) is 6.04 Å². The Bertz CT molecular complexity index is 137. The zero-order valence-corrected chi connectivity index (χ0v) is 7.81. The quantitative estimate of drug-likeness (QED) is 0.578. The highest BCUT2D eigenvalue weighted by Gasteiger charge is 2.34. The molecule has 2 aliphatic heterocycles. The Labute approximate surface area is 72.5 Å². The molecule has 3 heteroatoms. The predicted molar refractivity (Wildman–Crippen MR) is 49.9 cm³/mol. The van der Waals surface area contributed by atoms with Gasteiger partial charge in [-0.25, -0.2) is 0 Å². The largest absolute Gasteiger partial charge is 0.328 e. The van der Waals surface area contributed by atoms with Gasteiger partial charge in [0, 0.05) is 29.6 Å². The summed E-state index contributed by atoms with van der Waals surface area (Å²) in [5.41, 5.74) is 5.95. The molecular weight excluding hydrogens is 156 g/mol. The molecule has 0 aromatic carbocycles. The first-order valence-electron chi connectivity index (χ1n) is 4.32. The molecule has 2 nitrogen and oxygen atoms in total. The van der Waals surface area contributed by atoms with Crippen LogP contribution < -0.4 is 5.73 Å². The monoisotopic (exact) mass is 172 g/mol. The van der Waals surface area contributed by atoms with E-state index in [1.807, 2.05) is 0 Å². The molecule has 64 valence electrons. The SMILES string of the molecule is CN1[C@@H]2CSC[C@H]1C[C@@H](N)C2. The van der Waals surface area contributed by atoms with Crippen LogP contribution in [0.25, 0.3) is 0 Å². The fraction of sp³-hybridized carbons (Fsp3) is 1.00. The predicted octanol–water partition coefficient (Wildman–Crippen LogP) is 0.523. The minimum Gasteiger partial charge on any atom is -0.328 e. The average Bonchev–Trinajstić information content (AvgIpc) is 1.92. The van der Waals surface area contributed by atoms with E-state index in [2.05, 4.69) is 23.7 Å². The molecule has 2 heterocycles. The lowest BCUT2D eigenvalue weighted by atomic mass is 9.94. The van der Waals surface area contributed by atoms with E-state index in [4.69, 9.17) is 5.73 Å². The molecule has 0 spiro atoms. The summed E-state index contributed by atoms with van der Waals surface area (Å²) in [6.45, 7) is 0. The Morgan fingerprint density at radius 3 is 2.36 bits per heavy atom. The number of rotatable bonds is 0. The van der Waals surface area contributed by atoms with Crippen LogP contribution in [0.5, 0.6) is 0 Å². The maximum absolute atomic E-state index is 5.95. The third-order valence-corrected chi connectivity index (χ3v) is 4.16. The van der Waals surface area contributed by atoms with Crippen LogP contribution in [0.4, 0.5) is 0 Å². The number of nitrogens with two attached hydrogens (primary N) is 1. The van der Waals surface area contributed by atoms with Crippen molar-refractivity contribution in [3.05, 3.63) is 0 Å². The zero-order chi connectivity index (χ0) is 7.84. The summed E-state index contributed by atoms with van der Waals surface area (Å²) < 4.78 is 0. The van der Waals surface area contributed by atoms with Crippen molar-refractivity contribution in [1.82, 2.24) is 4.90 Å². The molecule has 0 aromatic heterocycles. The number of fused-ring (bicyclic) bond motifs is 2. The lowest BCUT2D eigenvalue weighted by molar-refractivity contribution is 0.123. The van der Waals surface area contributed by atoms with Crippen LogP contribution in [0.2, 0.25) is 0 Å². The Kier molecular flexibility index (Phi) is 2.12. The number of piperidine rings is 1. The van der Waals surface area contributed by atoms with Crippen molar-refractivity contribution in [2.45, 2.75) is 31.0 Å². The van der Waals surface area contributed by atoms with Crippen molar-refractivity contribution < 1.29 is 0 Å². The number of hydrogen-bond acceptors (Lipinski definition) is 3. The number of hydrogen-bond donors (Lipinski definition) is 1. The molecule has 0 saturated carbocycles. The summed E-state index contributed by atoms with van der Waals surface area (Å²) in [4.78, 5) is 2.53. The fourth-order valence-electron chi connectivity index (χ4n) is 2.14. The van der Waals surface area contributed by atoms with Gasteiger partial charge in [-0.3, -0.25) is 4.90 Å². The second-order valence-electron chi connectivity index (χ2n) is 3.74. The molecule has 0 radical (unpaired) electrons. The van der Waals surface area contributed by atoms with E-state index in [1.165, 1.54) is 24.3 Å². The van der Waals surface area contributed by atoms with E-state index < -0.39 is 0 Å². The van der Waals surface area contributed by atoms with Gasteiger partial charge in [-0.15, -0.1) is 0 Å². The fourth-order valence-corrected chi connectivity index (χ4v) is 3.56. The third kappa shape index (κ3) is 1.42. The molecule has 0 amide bonds. The van der Waals surface area contributed by atoms with Gasteiger partial charge in [-0.05, 0) is 19.9 Å². The summed E-state index contributed by atoms with van der Waals surface area (Å²) in [6.07, 6.45) is 2.42. The highest BCUT2D eigenvalue weighted by Crippen LogP contribution is 2.30. The lowest BCUT2D eigenvalue weighted by Gasteiger charge is -2.45. The van der Waals surface area contributed by atoms with Gasteiger partial charge in [0.15, 0.2) is 0 Å². The zero-order valence-electron chi connectivity index (χ0n) is 6.99. The summed E-state index contributed by atoms with van der Waals surface area (Å²) in [7, 11) is 2.25.